The van der Waals surface area contributed by atoms with Gasteiger partial charge in [-0.3, -0.25) is 4.99 Å². The average molecular weight is 240 g/mol. The van der Waals surface area contributed by atoms with Gasteiger partial charge in [0, 0.05) is 13.1 Å². The van der Waals surface area contributed by atoms with Gasteiger partial charge in [0.05, 0.1) is 4.43 Å². The summed E-state index contributed by atoms with van der Waals surface area (Å²) >= 11 is 2.30. The lowest BCUT2D eigenvalue weighted by Crippen LogP contribution is -2.24. The lowest BCUT2D eigenvalue weighted by Gasteiger charge is -2.01. The molecule has 0 radical (unpaired) electrons. The van der Waals surface area contributed by atoms with Crippen molar-refractivity contribution in [3.8, 4) is 0 Å². The predicted molar refractivity (Wildman–Crippen MR) is 50.5 cm³/mol. The van der Waals surface area contributed by atoms with E-state index in [2.05, 4.69) is 39.8 Å². The highest BCUT2D eigenvalue weighted by Crippen LogP contribution is 1.83. The minimum atomic E-state index is 0.880. The fourth-order valence-electron chi connectivity index (χ4n) is 0.540. The smallest absolute Gasteiger partial charge is 0.106 e. The molecule has 0 aliphatic heterocycles. The molecule has 0 unspecified atom stereocenters. The first-order valence-electron chi connectivity index (χ1n) is 3.18. The fourth-order valence-corrected chi connectivity index (χ4v) is 1.05. The highest BCUT2D eigenvalue weighted by Gasteiger charge is 1.89. The highest BCUT2D eigenvalue weighted by atomic mass is 127. The van der Waals surface area contributed by atoms with E-state index in [1.807, 2.05) is 6.92 Å². The minimum absolute atomic E-state index is 0.880. The molecule has 0 bridgehead atoms. The van der Waals surface area contributed by atoms with E-state index in [-0.39, 0.29) is 0 Å². The third kappa shape index (κ3) is 4.69. The topological polar surface area (TPSA) is 24.4 Å². The normalized spacial score (nSPS) is 11.7. The largest absolute Gasteiger partial charge is 0.373 e. The van der Waals surface area contributed by atoms with Crippen LogP contribution < -0.4 is 5.32 Å². The summed E-state index contributed by atoms with van der Waals surface area (Å²) < 4.78 is 0.986. The molecule has 1 N–H and O–H groups in total. The van der Waals surface area contributed by atoms with Crippen LogP contribution >= 0.6 is 22.6 Å². The molecule has 0 amide bonds. The van der Waals surface area contributed by atoms with Gasteiger partial charge in [0.25, 0.3) is 0 Å². The van der Waals surface area contributed by atoms with Gasteiger partial charge in [-0.05, 0) is 13.8 Å². The van der Waals surface area contributed by atoms with E-state index in [1.165, 1.54) is 0 Å². The second-order valence-electron chi connectivity index (χ2n) is 1.58. The lowest BCUT2D eigenvalue weighted by molar-refractivity contribution is 0.945. The van der Waals surface area contributed by atoms with Crippen molar-refractivity contribution in [1.29, 1.82) is 0 Å². The van der Waals surface area contributed by atoms with Crippen LogP contribution in [0.5, 0.6) is 0 Å². The Hall–Kier alpha value is 0.200. The van der Waals surface area contributed by atoms with E-state index in [1.54, 1.807) is 0 Å². The third-order valence-electron chi connectivity index (χ3n) is 0.856. The number of halogens is 1. The molecule has 0 saturated heterocycles. The van der Waals surface area contributed by atoms with E-state index in [0.29, 0.717) is 0 Å². The predicted octanol–water partition coefficient (Wildman–Crippen LogP) is 1.45. The number of rotatable bonds is 3. The Morgan fingerprint density at radius 2 is 2.22 bits per heavy atom. The van der Waals surface area contributed by atoms with E-state index in [4.69, 9.17) is 0 Å². The van der Waals surface area contributed by atoms with Crippen LogP contribution in [0.15, 0.2) is 4.99 Å². The zero-order valence-corrected chi connectivity index (χ0v) is 8.10. The molecule has 0 aromatic heterocycles. The van der Waals surface area contributed by atoms with Crippen LogP contribution in [0.4, 0.5) is 0 Å². The quantitative estimate of drug-likeness (QED) is 0.343. The Bertz CT molecular complexity index is 91.1. The van der Waals surface area contributed by atoms with Crippen LogP contribution in [0, 0.1) is 0 Å². The SMILES string of the molecule is CC/N=C(\CI)NCC. The van der Waals surface area contributed by atoms with Gasteiger partial charge in [0.1, 0.15) is 5.84 Å². The van der Waals surface area contributed by atoms with Crippen LogP contribution in [-0.4, -0.2) is 23.4 Å². The molecule has 0 aliphatic carbocycles. The molecule has 0 rings (SSSR count). The van der Waals surface area contributed by atoms with Gasteiger partial charge in [0.2, 0.25) is 0 Å². The van der Waals surface area contributed by atoms with Gasteiger partial charge in [-0.1, -0.05) is 22.6 Å². The average Bonchev–Trinajstić information content (AvgIpc) is 1.88. The molecular formula is C6H13IN2. The maximum Gasteiger partial charge on any atom is 0.106 e. The second-order valence-corrected chi connectivity index (χ2v) is 2.35. The van der Waals surface area contributed by atoms with Crippen molar-refractivity contribution in [2.24, 2.45) is 4.99 Å². The Morgan fingerprint density at radius 3 is 2.56 bits per heavy atom. The van der Waals surface area contributed by atoms with E-state index in [0.717, 1.165) is 23.4 Å². The monoisotopic (exact) mass is 240 g/mol. The van der Waals surface area contributed by atoms with Gasteiger partial charge in [0.15, 0.2) is 0 Å². The molecule has 3 heteroatoms. The number of amidine groups is 1. The number of nitrogens with one attached hydrogen (secondary N) is 1. The van der Waals surface area contributed by atoms with Crippen LogP contribution in [0.3, 0.4) is 0 Å². The van der Waals surface area contributed by atoms with Gasteiger partial charge in [-0.15, -0.1) is 0 Å². The minimum Gasteiger partial charge on any atom is -0.373 e. The Morgan fingerprint density at radius 1 is 1.56 bits per heavy atom. The molecule has 9 heavy (non-hydrogen) atoms. The third-order valence-corrected chi connectivity index (χ3v) is 1.58. The maximum absolute atomic E-state index is 4.23. The first-order valence-corrected chi connectivity index (χ1v) is 4.70. The Kier molecular flexibility index (Phi) is 6.46. The summed E-state index contributed by atoms with van der Waals surface area (Å²) in [5.74, 6) is 1.11. The molecule has 0 aliphatic rings. The van der Waals surface area contributed by atoms with Crippen molar-refractivity contribution in [2.75, 3.05) is 17.5 Å². The van der Waals surface area contributed by atoms with Crippen molar-refractivity contribution in [3.05, 3.63) is 0 Å². The number of alkyl halides is 1. The number of aliphatic imine (C=N–C) groups is 1. The summed E-state index contributed by atoms with van der Waals surface area (Å²) in [5.41, 5.74) is 0. The zero-order valence-electron chi connectivity index (χ0n) is 5.95. The van der Waals surface area contributed by atoms with E-state index in [9.17, 15) is 0 Å². The molecule has 0 atom stereocenters. The van der Waals surface area contributed by atoms with E-state index >= 15 is 0 Å². The standard InChI is InChI=1S/C6H13IN2/c1-3-8-6(5-7)9-4-2/h3-5H2,1-2H3,(H,8,9). The fraction of sp³-hybridized carbons (Fsp3) is 0.833. The molecule has 0 heterocycles. The summed E-state index contributed by atoms with van der Waals surface area (Å²) in [7, 11) is 0. The Balaban J connectivity index is 3.53. The van der Waals surface area contributed by atoms with Crippen molar-refractivity contribution in [3.63, 3.8) is 0 Å². The second kappa shape index (κ2) is 6.32. The Labute approximate surface area is 70.3 Å². The van der Waals surface area contributed by atoms with Gasteiger partial charge >= 0.3 is 0 Å². The summed E-state index contributed by atoms with van der Waals surface area (Å²) in [6.07, 6.45) is 0. The highest BCUT2D eigenvalue weighted by molar-refractivity contribution is 14.1. The van der Waals surface area contributed by atoms with Crippen molar-refractivity contribution in [1.82, 2.24) is 5.32 Å². The molecule has 0 spiro atoms. The molecular weight excluding hydrogens is 227 g/mol. The van der Waals surface area contributed by atoms with Crippen LogP contribution in [0.2, 0.25) is 0 Å². The summed E-state index contributed by atoms with van der Waals surface area (Å²) in [4.78, 5) is 4.23. The lowest BCUT2D eigenvalue weighted by atomic mass is 10.6. The van der Waals surface area contributed by atoms with Crippen molar-refractivity contribution < 1.29 is 0 Å². The number of hydrogen-bond acceptors (Lipinski definition) is 1. The van der Waals surface area contributed by atoms with Gasteiger partial charge in [-0.25, -0.2) is 0 Å². The molecule has 2 nitrogen and oxygen atoms in total. The van der Waals surface area contributed by atoms with Crippen LogP contribution in [0.1, 0.15) is 13.8 Å². The molecule has 0 fully saturated rings. The van der Waals surface area contributed by atoms with Gasteiger partial charge < -0.3 is 5.32 Å². The first kappa shape index (κ1) is 9.20. The molecule has 0 aromatic rings. The van der Waals surface area contributed by atoms with Gasteiger partial charge in [-0.2, -0.15) is 0 Å². The van der Waals surface area contributed by atoms with Crippen molar-refractivity contribution >= 4 is 28.4 Å². The summed E-state index contributed by atoms with van der Waals surface area (Å²) in [6.45, 7) is 5.98. The molecule has 0 saturated carbocycles. The van der Waals surface area contributed by atoms with E-state index < -0.39 is 0 Å². The van der Waals surface area contributed by atoms with Crippen molar-refractivity contribution in [2.45, 2.75) is 13.8 Å². The summed E-state index contributed by atoms with van der Waals surface area (Å²) in [5, 5.41) is 3.18. The zero-order chi connectivity index (χ0) is 7.11. The van der Waals surface area contributed by atoms with Crippen LogP contribution in [0.25, 0.3) is 0 Å². The first-order chi connectivity index (χ1) is 4.35. The molecule has 54 valence electrons. The summed E-state index contributed by atoms with van der Waals surface area (Å²) in [6, 6.07) is 0. The number of nitrogens with zero attached hydrogens (tertiary/aromatic N) is 1. The van der Waals surface area contributed by atoms with Crippen LogP contribution in [-0.2, 0) is 0 Å². The number of hydrogen-bond donors (Lipinski definition) is 1. The maximum atomic E-state index is 4.23. The molecule has 0 aromatic carbocycles.